The molecular weight excluding hydrogens is 328 g/mol. The summed E-state index contributed by atoms with van der Waals surface area (Å²) in [6.45, 7) is 0. The Morgan fingerprint density at radius 3 is 2.33 bits per heavy atom. The summed E-state index contributed by atoms with van der Waals surface area (Å²) in [4.78, 5) is 34.9. The van der Waals surface area contributed by atoms with Gasteiger partial charge in [0.25, 0.3) is 5.91 Å². The zero-order valence-electron chi connectivity index (χ0n) is 12.7. The normalized spacial score (nSPS) is 16.8. The minimum absolute atomic E-state index is 0.222. The minimum atomic E-state index is -0.313. The monoisotopic (exact) mass is 342 g/mol. The lowest BCUT2D eigenvalue weighted by molar-refractivity contribution is -0.125. The van der Waals surface area contributed by atoms with E-state index in [2.05, 4.69) is 10.6 Å². The van der Waals surface area contributed by atoms with E-state index in [1.807, 2.05) is 12.1 Å². The second-order valence-corrected chi connectivity index (χ2v) is 6.11. The Hall–Kier alpha value is -2.66. The minimum Gasteiger partial charge on any atom is -0.322 e. The SMILES string of the molecule is O=C1CC(Cc2ccc(NC(=O)c3ccc(Cl)cc3)cc2)C(=O)N1. The van der Waals surface area contributed by atoms with Crippen LogP contribution < -0.4 is 10.6 Å². The largest absolute Gasteiger partial charge is 0.322 e. The maximum atomic E-state index is 12.1. The summed E-state index contributed by atoms with van der Waals surface area (Å²) in [5.74, 6) is -0.982. The highest BCUT2D eigenvalue weighted by atomic mass is 35.5. The molecule has 1 aliphatic heterocycles. The van der Waals surface area contributed by atoms with E-state index < -0.39 is 0 Å². The lowest BCUT2D eigenvalue weighted by Crippen LogP contribution is -2.22. The van der Waals surface area contributed by atoms with Crippen molar-refractivity contribution in [1.29, 1.82) is 0 Å². The van der Waals surface area contributed by atoms with Crippen LogP contribution in [0.3, 0.4) is 0 Å². The Morgan fingerprint density at radius 2 is 1.75 bits per heavy atom. The van der Waals surface area contributed by atoms with Crippen LogP contribution >= 0.6 is 11.6 Å². The third-order valence-corrected chi connectivity index (χ3v) is 4.12. The average molecular weight is 343 g/mol. The third-order valence-electron chi connectivity index (χ3n) is 3.87. The van der Waals surface area contributed by atoms with E-state index in [9.17, 15) is 14.4 Å². The first-order valence-corrected chi connectivity index (χ1v) is 7.88. The molecule has 1 aliphatic rings. The molecule has 122 valence electrons. The van der Waals surface area contributed by atoms with Crippen LogP contribution in [0.15, 0.2) is 48.5 Å². The van der Waals surface area contributed by atoms with E-state index in [4.69, 9.17) is 11.6 Å². The molecule has 1 heterocycles. The van der Waals surface area contributed by atoms with Gasteiger partial charge in [0.15, 0.2) is 0 Å². The molecule has 0 aliphatic carbocycles. The summed E-state index contributed by atoms with van der Waals surface area (Å²) in [5.41, 5.74) is 2.12. The topological polar surface area (TPSA) is 75.3 Å². The fourth-order valence-corrected chi connectivity index (χ4v) is 2.71. The molecule has 1 unspecified atom stereocenters. The third kappa shape index (κ3) is 3.81. The van der Waals surface area contributed by atoms with E-state index in [-0.39, 0.29) is 30.1 Å². The Bertz CT molecular complexity index is 785. The summed E-state index contributed by atoms with van der Waals surface area (Å²) >= 11 is 5.80. The van der Waals surface area contributed by atoms with E-state index >= 15 is 0 Å². The number of carbonyl (C=O) groups is 3. The average Bonchev–Trinajstić information content (AvgIpc) is 2.87. The van der Waals surface area contributed by atoms with Crippen molar-refractivity contribution in [1.82, 2.24) is 5.32 Å². The molecule has 1 fully saturated rings. The van der Waals surface area contributed by atoms with Crippen molar-refractivity contribution in [2.75, 3.05) is 5.32 Å². The maximum absolute atomic E-state index is 12.1. The van der Waals surface area contributed by atoms with Crippen molar-refractivity contribution in [3.05, 3.63) is 64.7 Å². The molecule has 3 amide bonds. The highest BCUT2D eigenvalue weighted by Gasteiger charge is 2.30. The molecule has 1 saturated heterocycles. The number of anilines is 1. The van der Waals surface area contributed by atoms with Gasteiger partial charge in [-0.1, -0.05) is 23.7 Å². The fraction of sp³-hybridized carbons (Fsp3) is 0.167. The lowest BCUT2D eigenvalue weighted by atomic mass is 9.98. The van der Waals surface area contributed by atoms with Gasteiger partial charge in [-0.25, -0.2) is 0 Å². The number of benzene rings is 2. The molecular formula is C18H15ClN2O3. The highest BCUT2D eigenvalue weighted by Crippen LogP contribution is 2.19. The maximum Gasteiger partial charge on any atom is 0.255 e. The summed E-state index contributed by atoms with van der Waals surface area (Å²) in [7, 11) is 0. The first-order valence-electron chi connectivity index (χ1n) is 7.51. The quantitative estimate of drug-likeness (QED) is 0.839. The van der Waals surface area contributed by atoms with Gasteiger partial charge in [0.1, 0.15) is 0 Å². The van der Waals surface area contributed by atoms with Crippen molar-refractivity contribution < 1.29 is 14.4 Å². The summed E-state index contributed by atoms with van der Waals surface area (Å²) in [5, 5.41) is 5.68. The highest BCUT2D eigenvalue weighted by molar-refractivity contribution is 6.30. The van der Waals surface area contributed by atoms with Gasteiger partial charge in [-0.2, -0.15) is 0 Å². The van der Waals surface area contributed by atoms with Gasteiger partial charge in [0, 0.05) is 22.7 Å². The van der Waals surface area contributed by atoms with Gasteiger partial charge in [-0.15, -0.1) is 0 Å². The second kappa shape index (κ2) is 6.84. The van der Waals surface area contributed by atoms with Crippen molar-refractivity contribution in [2.45, 2.75) is 12.8 Å². The molecule has 5 nitrogen and oxygen atoms in total. The zero-order chi connectivity index (χ0) is 17.1. The molecule has 24 heavy (non-hydrogen) atoms. The van der Waals surface area contributed by atoms with Crippen molar-refractivity contribution >= 4 is 35.0 Å². The molecule has 2 N–H and O–H groups in total. The van der Waals surface area contributed by atoms with Crippen LogP contribution in [0.2, 0.25) is 5.02 Å². The van der Waals surface area contributed by atoms with Gasteiger partial charge in [-0.3, -0.25) is 19.7 Å². The van der Waals surface area contributed by atoms with Gasteiger partial charge in [-0.05, 0) is 48.4 Å². The predicted octanol–water partition coefficient (Wildman–Crippen LogP) is 2.80. The molecule has 3 rings (SSSR count). The standard InChI is InChI=1S/C18H15ClN2O3/c19-14-5-3-12(4-6-14)17(23)20-15-7-1-11(2-8-15)9-13-10-16(22)21-18(13)24/h1-8,13H,9-10H2,(H,20,23)(H,21,22,24). The Labute approximate surface area is 144 Å². The molecule has 0 spiro atoms. The van der Waals surface area contributed by atoms with E-state index in [0.717, 1.165) is 5.56 Å². The zero-order valence-corrected chi connectivity index (χ0v) is 13.5. The predicted molar refractivity (Wildman–Crippen MR) is 90.8 cm³/mol. The number of amides is 3. The van der Waals surface area contributed by atoms with Crippen LogP contribution in [0.5, 0.6) is 0 Å². The fourth-order valence-electron chi connectivity index (χ4n) is 2.59. The smallest absolute Gasteiger partial charge is 0.255 e. The molecule has 0 radical (unpaired) electrons. The number of hydrogen-bond donors (Lipinski definition) is 2. The molecule has 2 aromatic rings. The van der Waals surface area contributed by atoms with Gasteiger partial charge in [0.05, 0.1) is 5.92 Å². The van der Waals surface area contributed by atoms with Crippen molar-refractivity contribution in [2.24, 2.45) is 5.92 Å². The van der Waals surface area contributed by atoms with Crippen molar-refractivity contribution in [3.8, 4) is 0 Å². The van der Waals surface area contributed by atoms with Gasteiger partial charge < -0.3 is 5.32 Å². The molecule has 0 bridgehead atoms. The first-order chi connectivity index (χ1) is 11.5. The lowest BCUT2D eigenvalue weighted by Gasteiger charge is -2.09. The van der Waals surface area contributed by atoms with Crippen LogP contribution in [-0.2, 0) is 16.0 Å². The Kier molecular flexibility index (Phi) is 4.62. The number of hydrogen-bond acceptors (Lipinski definition) is 3. The summed E-state index contributed by atoms with van der Waals surface area (Å²) < 4.78 is 0. The second-order valence-electron chi connectivity index (χ2n) is 5.68. The molecule has 0 aromatic heterocycles. The number of nitrogens with one attached hydrogen (secondary N) is 2. The Balaban J connectivity index is 1.62. The van der Waals surface area contributed by atoms with E-state index in [0.29, 0.717) is 22.7 Å². The van der Waals surface area contributed by atoms with Crippen LogP contribution in [0.25, 0.3) is 0 Å². The van der Waals surface area contributed by atoms with Crippen LogP contribution in [0.4, 0.5) is 5.69 Å². The summed E-state index contributed by atoms with van der Waals surface area (Å²) in [6, 6.07) is 13.9. The van der Waals surface area contributed by atoms with Gasteiger partial charge in [0.2, 0.25) is 11.8 Å². The summed E-state index contributed by atoms with van der Waals surface area (Å²) in [6.07, 6.45) is 0.733. The number of rotatable bonds is 4. The van der Waals surface area contributed by atoms with Crippen LogP contribution in [0.1, 0.15) is 22.3 Å². The molecule has 2 aromatic carbocycles. The van der Waals surface area contributed by atoms with Crippen molar-refractivity contribution in [3.63, 3.8) is 0 Å². The van der Waals surface area contributed by atoms with Crippen LogP contribution in [-0.4, -0.2) is 17.7 Å². The number of imide groups is 1. The Morgan fingerprint density at radius 1 is 1.08 bits per heavy atom. The number of halogens is 1. The molecule has 0 saturated carbocycles. The molecule has 6 heteroatoms. The van der Waals surface area contributed by atoms with E-state index in [1.54, 1.807) is 36.4 Å². The van der Waals surface area contributed by atoms with E-state index in [1.165, 1.54) is 0 Å². The van der Waals surface area contributed by atoms with Gasteiger partial charge >= 0.3 is 0 Å². The molecule has 1 atom stereocenters. The number of carbonyl (C=O) groups excluding carboxylic acids is 3. The van der Waals surface area contributed by atoms with Crippen LogP contribution in [0, 0.1) is 5.92 Å². The first kappa shape index (κ1) is 16.2.